The molecular weight excluding hydrogens is 586 g/mol. The molecule has 0 radical (unpaired) electrons. The molecule has 0 aliphatic heterocycles. The quantitative estimate of drug-likeness (QED) is 0.194. The normalized spacial score (nSPS) is 11.8. The number of aryl methyl sites for hydroxylation is 2. The number of carbonyl (C=O) groups excluding carboxylic acids is 2. The number of sulfonamides is 1. The van der Waals surface area contributed by atoms with Gasteiger partial charge in [0.05, 0.1) is 17.7 Å². The highest BCUT2D eigenvalue weighted by atomic mass is 32.2. The van der Waals surface area contributed by atoms with E-state index in [2.05, 4.69) is 5.32 Å². The van der Waals surface area contributed by atoms with Crippen LogP contribution in [0.15, 0.2) is 108 Å². The van der Waals surface area contributed by atoms with Gasteiger partial charge >= 0.3 is 0 Å². The van der Waals surface area contributed by atoms with Crippen LogP contribution in [0, 0.1) is 13.8 Å². The summed E-state index contributed by atoms with van der Waals surface area (Å²) in [6, 6.07) is 29.4. The van der Waals surface area contributed by atoms with Crippen molar-refractivity contribution in [3.8, 4) is 5.75 Å². The molecule has 0 aromatic heterocycles. The number of carbonyl (C=O) groups is 2. The zero-order valence-electron chi connectivity index (χ0n) is 26.3. The first-order valence-corrected chi connectivity index (χ1v) is 16.5. The lowest BCUT2D eigenvalue weighted by Gasteiger charge is -2.34. The fourth-order valence-corrected chi connectivity index (χ4v) is 6.38. The van der Waals surface area contributed by atoms with E-state index >= 15 is 0 Å². The molecule has 4 aromatic carbocycles. The van der Waals surface area contributed by atoms with E-state index in [1.54, 1.807) is 49.6 Å². The molecule has 1 N–H and O–H groups in total. The maximum absolute atomic E-state index is 14.5. The van der Waals surface area contributed by atoms with Crippen LogP contribution < -0.4 is 14.4 Å². The Morgan fingerprint density at radius 2 is 1.44 bits per heavy atom. The number of rotatable bonds is 14. The topological polar surface area (TPSA) is 96.0 Å². The Morgan fingerprint density at radius 1 is 0.822 bits per heavy atom. The molecule has 0 saturated carbocycles. The maximum Gasteiger partial charge on any atom is 0.264 e. The number of methoxy groups -OCH3 is 1. The lowest BCUT2D eigenvalue weighted by molar-refractivity contribution is -0.140. The predicted molar refractivity (Wildman–Crippen MR) is 178 cm³/mol. The third-order valence-electron chi connectivity index (χ3n) is 7.52. The number of nitrogens with zero attached hydrogens (tertiary/aromatic N) is 2. The Bertz CT molecular complexity index is 1670. The van der Waals surface area contributed by atoms with E-state index in [9.17, 15) is 18.0 Å². The molecule has 9 heteroatoms. The molecule has 0 bridgehead atoms. The van der Waals surface area contributed by atoms with Crippen molar-refractivity contribution in [2.24, 2.45) is 0 Å². The van der Waals surface area contributed by atoms with Crippen LogP contribution in [0.25, 0.3) is 0 Å². The molecular formula is C36H41N3O5S. The van der Waals surface area contributed by atoms with Crippen LogP contribution in [0.5, 0.6) is 5.75 Å². The Kier molecular flexibility index (Phi) is 11.4. The molecule has 0 saturated heterocycles. The first kappa shape index (κ1) is 33.3. The Hall–Kier alpha value is -4.63. The second-order valence-corrected chi connectivity index (χ2v) is 12.9. The molecule has 1 unspecified atom stereocenters. The van der Waals surface area contributed by atoms with Crippen molar-refractivity contribution in [3.05, 3.63) is 125 Å². The van der Waals surface area contributed by atoms with Crippen LogP contribution in [-0.4, -0.2) is 51.4 Å². The standard InChI is InChI=1S/C36H41N3O5S/c1-5-22-37-36(41)34(24-29-10-7-6-8-11-29)38(25-30-12-9-13-32(23-30)44-4)35(40)26-39(31-18-14-27(2)15-19-31)45(42,43)33-20-16-28(3)17-21-33/h6-21,23,34H,5,22,24-26H2,1-4H3,(H,37,41). The molecule has 45 heavy (non-hydrogen) atoms. The first-order valence-electron chi connectivity index (χ1n) is 15.0. The molecule has 0 aliphatic carbocycles. The highest BCUT2D eigenvalue weighted by Gasteiger charge is 2.34. The van der Waals surface area contributed by atoms with Crippen molar-refractivity contribution in [1.82, 2.24) is 10.2 Å². The van der Waals surface area contributed by atoms with Crippen molar-refractivity contribution in [3.63, 3.8) is 0 Å². The van der Waals surface area contributed by atoms with Gasteiger partial charge in [0.25, 0.3) is 10.0 Å². The van der Waals surface area contributed by atoms with Crippen molar-refractivity contribution in [2.45, 2.75) is 51.1 Å². The van der Waals surface area contributed by atoms with Gasteiger partial charge in [-0.15, -0.1) is 0 Å². The van der Waals surface area contributed by atoms with Gasteiger partial charge in [-0.2, -0.15) is 0 Å². The van der Waals surface area contributed by atoms with Crippen molar-refractivity contribution in [1.29, 1.82) is 0 Å². The van der Waals surface area contributed by atoms with Crippen molar-refractivity contribution in [2.75, 3.05) is 24.5 Å². The van der Waals surface area contributed by atoms with Gasteiger partial charge in [-0.25, -0.2) is 8.42 Å². The van der Waals surface area contributed by atoms with E-state index in [1.807, 2.05) is 81.4 Å². The summed E-state index contributed by atoms with van der Waals surface area (Å²) in [5, 5.41) is 2.96. The van der Waals surface area contributed by atoms with Gasteiger partial charge in [-0.05, 0) is 67.8 Å². The van der Waals surface area contributed by atoms with E-state index < -0.39 is 28.5 Å². The minimum absolute atomic E-state index is 0.0688. The number of nitrogens with one attached hydrogen (secondary N) is 1. The second-order valence-electron chi connectivity index (χ2n) is 11.0. The van der Waals surface area contributed by atoms with Crippen LogP contribution in [0.1, 0.15) is 35.6 Å². The van der Waals surface area contributed by atoms with Crippen molar-refractivity contribution >= 4 is 27.5 Å². The van der Waals surface area contributed by atoms with E-state index in [0.29, 0.717) is 18.0 Å². The monoisotopic (exact) mass is 627 g/mol. The number of benzene rings is 4. The summed E-state index contributed by atoms with van der Waals surface area (Å²) in [7, 11) is -2.59. The van der Waals surface area contributed by atoms with Crippen LogP contribution in [0.4, 0.5) is 5.69 Å². The molecule has 0 heterocycles. The van der Waals surface area contributed by atoms with E-state index in [1.165, 1.54) is 4.90 Å². The average Bonchev–Trinajstić information content (AvgIpc) is 3.05. The van der Waals surface area contributed by atoms with Gasteiger partial charge in [0.2, 0.25) is 11.8 Å². The molecule has 0 spiro atoms. The molecule has 0 fully saturated rings. The molecule has 0 aliphatic rings. The number of amides is 2. The van der Waals surface area contributed by atoms with Gasteiger partial charge < -0.3 is 15.0 Å². The number of ether oxygens (including phenoxy) is 1. The number of anilines is 1. The fourth-order valence-electron chi connectivity index (χ4n) is 4.96. The third-order valence-corrected chi connectivity index (χ3v) is 9.31. The summed E-state index contributed by atoms with van der Waals surface area (Å²) < 4.78 is 34.8. The minimum Gasteiger partial charge on any atom is -0.497 e. The van der Waals surface area contributed by atoms with Crippen LogP contribution >= 0.6 is 0 Å². The first-order chi connectivity index (χ1) is 21.6. The summed E-state index contributed by atoms with van der Waals surface area (Å²) >= 11 is 0. The molecule has 2 amide bonds. The second kappa shape index (κ2) is 15.4. The number of hydrogen-bond donors (Lipinski definition) is 1. The highest BCUT2D eigenvalue weighted by molar-refractivity contribution is 7.92. The minimum atomic E-state index is -4.15. The lowest BCUT2D eigenvalue weighted by Crippen LogP contribution is -2.53. The van der Waals surface area contributed by atoms with E-state index in [4.69, 9.17) is 4.74 Å². The summed E-state index contributed by atoms with van der Waals surface area (Å²) in [6.45, 7) is 5.76. The van der Waals surface area contributed by atoms with Gasteiger partial charge in [0.15, 0.2) is 0 Å². The molecule has 1 atom stereocenters. The molecule has 4 aromatic rings. The molecule has 4 rings (SSSR count). The Labute approximate surface area is 266 Å². The van der Waals surface area contributed by atoms with Gasteiger partial charge in [-0.1, -0.05) is 84.8 Å². The van der Waals surface area contributed by atoms with Crippen LogP contribution in [0.3, 0.4) is 0 Å². The smallest absolute Gasteiger partial charge is 0.264 e. The maximum atomic E-state index is 14.5. The predicted octanol–water partition coefficient (Wildman–Crippen LogP) is 5.67. The third kappa shape index (κ3) is 8.73. The summed E-state index contributed by atoms with van der Waals surface area (Å²) in [4.78, 5) is 29.8. The Morgan fingerprint density at radius 3 is 2.07 bits per heavy atom. The largest absolute Gasteiger partial charge is 0.497 e. The SMILES string of the molecule is CCCNC(=O)C(Cc1ccccc1)N(Cc1cccc(OC)c1)C(=O)CN(c1ccc(C)cc1)S(=O)(=O)c1ccc(C)cc1. The number of hydrogen-bond acceptors (Lipinski definition) is 5. The zero-order valence-corrected chi connectivity index (χ0v) is 27.1. The van der Waals surface area contributed by atoms with Crippen LogP contribution in [-0.2, 0) is 32.6 Å². The summed E-state index contributed by atoms with van der Waals surface area (Å²) in [5.41, 5.74) is 3.84. The highest BCUT2D eigenvalue weighted by Crippen LogP contribution is 2.26. The lowest BCUT2D eigenvalue weighted by atomic mass is 10.0. The zero-order chi connectivity index (χ0) is 32.4. The van der Waals surface area contributed by atoms with Gasteiger partial charge in [-0.3, -0.25) is 13.9 Å². The fraction of sp³-hybridized carbons (Fsp3) is 0.278. The Balaban J connectivity index is 1.80. The van der Waals surface area contributed by atoms with Gasteiger partial charge in [0, 0.05) is 19.5 Å². The van der Waals surface area contributed by atoms with E-state index in [0.717, 1.165) is 33.0 Å². The molecule has 8 nitrogen and oxygen atoms in total. The van der Waals surface area contributed by atoms with Gasteiger partial charge in [0.1, 0.15) is 18.3 Å². The van der Waals surface area contributed by atoms with Crippen molar-refractivity contribution < 1.29 is 22.7 Å². The summed E-state index contributed by atoms with van der Waals surface area (Å²) in [5.74, 6) is -0.208. The van der Waals surface area contributed by atoms with Crippen LogP contribution in [0.2, 0.25) is 0 Å². The summed E-state index contributed by atoms with van der Waals surface area (Å²) in [6.07, 6.45) is 0.977. The average molecular weight is 628 g/mol. The molecule has 236 valence electrons. The van der Waals surface area contributed by atoms with E-state index in [-0.39, 0.29) is 23.8 Å².